The molecule has 1 heterocycles. The maximum absolute atomic E-state index is 12.2. The Hall–Kier alpha value is -1.14. The van der Waals surface area contributed by atoms with Crippen molar-refractivity contribution < 1.29 is 19.1 Å². The van der Waals surface area contributed by atoms with Crippen molar-refractivity contribution in [3.05, 3.63) is 0 Å². The van der Waals surface area contributed by atoms with Gasteiger partial charge >= 0.3 is 5.97 Å². The van der Waals surface area contributed by atoms with Crippen LogP contribution in [0.2, 0.25) is 0 Å². The first kappa shape index (κ1) is 15.9. The van der Waals surface area contributed by atoms with Crippen LogP contribution in [0.25, 0.3) is 0 Å². The SMILES string of the molecule is CCOC(=O)CCN(C)C(C)C(=O)N1CCOCC1. The number of likely N-dealkylation sites (N-methyl/N-ethyl adjacent to an activating group) is 1. The molecule has 1 rings (SSSR count). The Morgan fingerprint density at radius 2 is 2.00 bits per heavy atom. The number of carbonyl (C=O) groups is 2. The highest BCUT2D eigenvalue weighted by molar-refractivity contribution is 5.81. The third kappa shape index (κ3) is 5.16. The molecule has 1 aliphatic heterocycles. The fraction of sp³-hybridized carbons (Fsp3) is 0.846. The van der Waals surface area contributed by atoms with Gasteiger partial charge < -0.3 is 14.4 Å². The van der Waals surface area contributed by atoms with Gasteiger partial charge in [0.1, 0.15) is 0 Å². The molecule has 0 aromatic carbocycles. The van der Waals surface area contributed by atoms with E-state index < -0.39 is 0 Å². The standard InChI is InChI=1S/C13H24N2O4/c1-4-19-12(16)5-6-14(3)11(2)13(17)15-7-9-18-10-8-15/h11H,4-10H2,1-3H3. The van der Waals surface area contributed by atoms with E-state index in [9.17, 15) is 9.59 Å². The van der Waals surface area contributed by atoms with E-state index in [1.54, 1.807) is 6.92 Å². The highest BCUT2D eigenvalue weighted by atomic mass is 16.5. The molecule has 0 N–H and O–H groups in total. The molecule has 1 aliphatic rings. The molecule has 0 aromatic heterocycles. The van der Waals surface area contributed by atoms with Crippen LogP contribution in [0.3, 0.4) is 0 Å². The lowest BCUT2D eigenvalue weighted by Gasteiger charge is -2.32. The van der Waals surface area contributed by atoms with Crippen LogP contribution in [0, 0.1) is 0 Å². The van der Waals surface area contributed by atoms with Gasteiger partial charge in [0, 0.05) is 19.6 Å². The predicted octanol–water partition coefficient (Wildman–Crippen LogP) is 0.119. The van der Waals surface area contributed by atoms with Crippen molar-refractivity contribution in [2.24, 2.45) is 0 Å². The fourth-order valence-electron chi connectivity index (χ4n) is 1.93. The molecule has 0 radical (unpaired) electrons. The lowest BCUT2D eigenvalue weighted by molar-refractivity contribution is -0.145. The van der Waals surface area contributed by atoms with E-state index in [1.807, 2.05) is 23.8 Å². The van der Waals surface area contributed by atoms with Crippen LogP contribution in [0.15, 0.2) is 0 Å². The second kappa shape index (κ2) is 8.12. The van der Waals surface area contributed by atoms with Crippen LogP contribution in [-0.2, 0) is 19.1 Å². The Labute approximate surface area is 114 Å². The molecule has 19 heavy (non-hydrogen) atoms. The van der Waals surface area contributed by atoms with Crippen molar-refractivity contribution in [3.8, 4) is 0 Å². The zero-order chi connectivity index (χ0) is 14.3. The first-order valence-corrected chi connectivity index (χ1v) is 6.78. The van der Waals surface area contributed by atoms with Gasteiger partial charge in [0.15, 0.2) is 0 Å². The predicted molar refractivity (Wildman–Crippen MR) is 70.7 cm³/mol. The van der Waals surface area contributed by atoms with Crippen molar-refractivity contribution in [1.29, 1.82) is 0 Å². The van der Waals surface area contributed by atoms with Gasteiger partial charge in [-0.2, -0.15) is 0 Å². The van der Waals surface area contributed by atoms with Gasteiger partial charge in [-0.25, -0.2) is 0 Å². The van der Waals surface area contributed by atoms with E-state index in [4.69, 9.17) is 9.47 Å². The topological polar surface area (TPSA) is 59.1 Å². The number of amides is 1. The zero-order valence-corrected chi connectivity index (χ0v) is 12.1. The minimum absolute atomic E-state index is 0.0923. The van der Waals surface area contributed by atoms with Gasteiger partial charge in [-0.3, -0.25) is 14.5 Å². The molecule has 0 aliphatic carbocycles. The molecule has 0 saturated carbocycles. The molecule has 1 saturated heterocycles. The Morgan fingerprint density at radius 3 is 2.58 bits per heavy atom. The van der Waals surface area contributed by atoms with E-state index in [0.717, 1.165) is 0 Å². The maximum atomic E-state index is 12.2. The van der Waals surface area contributed by atoms with Crippen molar-refractivity contribution in [2.75, 3.05) is 46.5 Å². The second-order valence-corrected chi connectivity index (χ2v) is 4.65. The summed E-state index contributed by atoms with van der Waals surface area (Å²) in [6.07, 6.45) is 0.311. The normalized spacial score (nSPS) is 17.4. The summed E-state index contributed by atoms with van der Waals surface area (Å²) in [6, 6.07) is -0.229. The number of carbonyl (C=O) groups excluding carboxylic acids is 2. The maximum Gasteiger partial charge on any atom is 0.307 e. The summed E-state index contributed by atoms with van der Waals surface area (Å²) in [6.45, 7) is 7.07. The summed E-state index contributed by atoms with van der Waals surface area (Å²) in [5, 5.41) is 0. The summed E-state index contributed by atoms with van der Waals surface area (Å²) < 4.78 is 10.1. The fourth-order valence-corrected chi connectivity index (χ4v) is 1.93. The average molecular weight is 272 g/mol. The van der Waals surface area contributed by atoms with E-state index in [0.29, 0.717) is 45.9 Å². The van der Waals surface area contributed by atoms with Crippen molar-refractivity contribution in [1.82, 2.24) is 9.80 Å². The molecule has 110 valence electrons. The number of hydrogen-bond donors (Lipinski definition) is 0. The number of morpholine rings is 1. The second-order valence-electron chi connectivity index (χ2n) is 4.65. The largest absolute Gasteiger partial charge is 0.466 e. The zero-order valence-electron chi connectivity index (χ0n) is 12.1. The van der Waals surface area contributed by atoms with Crippen LogP contribution in [0.4, 0.5) is 0 Å². The molecule has 1 unspecified atom stereocenters. The Kier molecular flexibility index (Phi) is 6.80. The van der Waals surface area contributed by atoms with Crippen LogP contribution >= 0.6 is 0 Å². The monoisotopic (exact) mass is 272 g/mol. The lowest BCUT2D eigenvalue weighted by Crippen LogP contribution is -2.50. The van der Waals surface area contributed by atoms with E-state index >= 15 is 0 Å². The van der Waals surface area contributed by atoms with Gasteiger partial charge in [-0.1, -0.05) is 0 Å². The Balaban J connectivity index is 2.35. The summed E-state index contributed by atoms with van der Waals surface area (Å²) in [5.41, 5.74) is 0. The summed E-state index contributed by atoms with van der Waals surface area (Å²) in [4.78, 5) is 27.2. The van der Waals surface area contributed by atoms with Crippen molar-refractivity contribution >= 4 is 11.9 Å². The smallest absolute Gasteiger partial charge is 0.307 e. The molecular formula is C13H24N2O4. The van der Waals surface area contributed by atoms with E-state index in [2.05, 4.69) is 0 Å². The molecule has 0 spiro atoms. The Bertz CT molecular complexity index is 303. The van der Waals surface area contributed by atoms with Crippen LogP contribution in [0.5, 0.6) is 0 Å². The number of nitrogens with zero attached hydrogens (tertiary/aromatic N) is 2. The molecule has 1 amide bonds. The van der Waals surface area contributed by atoms with Crippen LogP contribution in [-0.4, -0.2) is 74.2 Å². The van der Waals surface area contributed by atoms with Gasteiger partial charge in [0.25, 0.3) is 0 Å². The summed E-state index contributed by atoms with van der Waals surface area (Å²) in [5.74, 6) is -0.130. The minimum atomic E-state index is -0.229. The summed E-state index contributed by atoms with van der Waals surface area (Å²) in [7, 11) is 1.85. The van der Waals surface area contributed by atoms with Gasteiger partial charge in [0.05, 0.1) is 32.3 Å². The molecule has 6 nitrogen and oxygen atoms in total. The van der Waals surface area contributed by atoms with Gasteiger partial charge in [0.2, 0.25) is 5.91 Å². The molecule has 6 heteroatoms. The lowest BCUT2D eigenvalue weighted by atomic mass is 10.2. The summed E-state index contributed by atoms with van der Waals surface area (Å²) >= 11 is 0. The third-order valence-corrected chi connectivity index (χ3v) is 3.32. The average Bonchev–Trinajstić information content (AvgIpc) is 2.44. The van der Waals surface area contributed by atoms with E-state index in [-0.39, 0.29) is 17.9 Å². The number of hydrogen-bond acceptors (Lipinski definition) is 5. The van der Waals surface area contributed by atoms with E-state index in [1.165, 1.54) is 0 Å². The van der Waals surface area contributed by atoms with Crippen LogP contribution < -0.4 is 0 Å². The molecule has 0 aromatic rings. The molecule has 0 bridgehead atoms. The van der Waals surface area contributed by atoms with Gasteiger partial charge in [-0.15, -0.1) is 0 Å². The molecule has 1 fully saturated rings. The quantitative estimate of drug-likeness (QED) is 0.643. The highest BCUT2D eigenvalue weighted by Crippen LogP contribution is 2.06. The third-order valence-electron chi connectivity index (χ3n) is 3.32. The molecular weight excluding hydrogens is 248 g/mol. The number of ether oxygens (including phenoxy) is 2. The number of rotatable bonds is 6. The first-order chi connectivity index (χ1) is 9.06. The van der Waals surface area contributed by atoms with Crippen molar-refractivity contribution in [2.45, 2.75) is 26.3 Å². The van der Waals surface area contributed by atoms with Crippen LogP contribution in [0.1, 0.15) is 20.3 Å². The van der Waals surface area contributed by atoms with Crippen molar-refractivity contribution in [3.63, 3.8) is 0 Å². The minimum Gasteiger partial charge on any atom is -0.466 e. The first-order valence-electron chi connectivity index (χ1n) is 6.78. The Morgan fingerprint density at radius 1 is 1.37 bits per heavy atom. The number of esters is 1. The molecule has 1 atom stereocenters. The highest BCUT2D eigenvalue weighted by Gasteiger charge is 2.25. The van der Waals surface area contributed by atoms with Gasteiger partial charge in [-0.05, 0) is 20.9 Å².